The highest BCUT2D eigenvalue weighted by molar-refractivity contribution is 8.00. The molecule has 2 N–H and O–H groups in total. The van der Waals surface area contributed by atoms with Gasteiger partial charge >= 0.3 is 0 Å². The van der Waals surface area contributed by atoms with Crippen molar-refractivity contribution < 1.29 is 8.82 Å². The molecule has 0 saturated heterocycles. The van der Waals surface area contributed by atoms with Crippen molar-refractivity contribution in [1.29, 1.82) is 0 Å². The van der Waals surface area contributed by atoms with Gasteiger partial charge in [-0.15, -0.1) is 11.8 Å². The summed E-state index contributed by atoms with van der Waals surface area (Å²) in [7, 11) is -2.72. The van der Waals surface area contributed by atoms with Crippen molar-refractivity contribution in [3.05, 3.63) is 84.0 Å². The number of rotatable bonds is 6. The highest BCUT2D eigenvalue weighted by Gasteiger charge is 2.50. The predicted molar refractivity (Wildman–Crippen MR) is 148 cm³/mol. The van der Waals surface area contributed by atoms with Gasteiger partial charge in [0.1, 0.15) is 16.7 Å². The van der Waals surface area contributed by atoms with Gasteiger partial charge in [0.15, 0.2) is 10.8 Å². The molecule has 186 valence electrons. The summed E-state index contributed by atoms with van der Waals surface area (Å²) in [5.41, 5.74) is 6.58. The third-order valence-corrected chi connectivity index (χ3v) is 13.0. The van der Waals surface area contributed by atoms with E-state index in [-0.39, 0.29) is 27.2 Å². The lowest BCUT2D eigenvalue weighted by atomic mass is 10.2. The molecular weight excluding hydrogens is 513 g/mol. The van der Waals surface area contributed by atoms with E-state index in [1.807, 2.05) is 12.1 Å². The Labute approximate surface area is 219 Å². The Morgan fingerprint density at radius 1 is 1.06 bits per heavy atom. The van der Waals surface area contributed by atoms with Gasteiger partial charge in [0, 0.05) is 0 Å². The molecule has 5 rings (SSSR count). The standard InChI is InChI=1S/C26H27ClFN5OSSi/c1-26(2,3)36(18-10-6-4-7-11-18,19-12-8-5-9-13-19)34-15-17-14-20(28)24(35-17)33-16-30-21-22(27)31-25(29)32-23(21)33/h4-14,16-17,24H,15H2,1-3H3,(H2,29,31,32)/t17-,24-/m1/s1. The monoisotopic (exact) mass is 539 g/mol. The lowest BCUT2D eigenvalue weighted by molar-refractivity contribution is 0.308. The van der Waals surface area contributed by atoms with Crippen LogP contribution in [0.2, 0.25) is 10.2 Å². The average molecular weight is 540 g/mol. The molecule has 1 aliphatic rings. The van der Waals surface area contributed by atoms with Gasteiger partial charge in [0.2, 0.25) is 5.95 Å². The number of fused-ring (bicyclic) bond motifs is 1. The van der Waals surface area contributed by atoms with Crippen LogP contribution in [0.5, 0.6) is 0 Å². The van der Waals surface area contributed by atoms with E-state index in [1.54, 1.807) is 10.6 Å². The van der Waals surface area contributed by atoms with E-state index in [0.29, 0.717) is 17.8 Å². The Balaban J connectivity index is 1.46. The lowest BCUT2D eigenvalue weighted by Gasteiger charge is -2.43. The number of anilines is 1. The van der Waals surface area contributed by atoms with Gasteiger partial charge in [-0.3, -0.25) is 4.57 Å². The molecule has 0 radical (unpaired) electrons. The Morgan fingerprint density at radius 3 is 2.25 bits per heavy atom. The van der Waals surface area contributed by atoms with E-state index in [9.17, 15) is 0 Å². The van der Waals surface area contributed by atoms with E-state index in [2.05, 4.69) is 84.3 Å². The molecule has 0 saturated carbocycles. The van der Waals surface area contributed by atoms with Gasteiger partial charge in [-0.25, -0.2) is 9.37 Å². The first-order chi connectivity index (χ1) is 17.2. The second-order valence-electron chi connectivity index (χ2n) is 9.75. The second kappa shape index (κ2) is 9.62. The van der Waals surface area contributed by atoms with Crippen LogP contribution in [-0.2, 0) is 4.43 Å². The quantitative estimate of drug-likeness (QED) is 0.271. The molecule has 36 heavy (non-hydrogen) atoms. The van der Waals surface area contributed by atoms with Crippen LogP contribution in [0, 0.1) is 0 Å². The maximum absolute atomic E-state index is 15.3. The highest BCUT2D eigenvalue weighted by atomic mass is 35.5. The molecule has 4 aromatic rings. The minimum Gasteiger partial charge on any atom is -0.406 e. The maximum atomic E-state index is 15.3. The van der Waals surface area contributed by atoms with E-state index in [1.165, 1.54) is 28.5 Å². The third kappa shape index (κ3) is 4.34. The van der Waals surface area contributed by atoms with Crippen molar-refractivity contribution in [1.82, 2.24) is 19.5 Å². The first-order valence-electron chi connectivity index (χ1n) is 11.6. The summed E-state index contributed by atoms with van der Waals surface area (Å²) in [6, 6.07) is 20.8. The van der Waals surface area contributed by atoms with Crippen LogP contribution < -0.4 is 16.1 Å². The van der Waals surface area contributed by atoms with Crippen LogP contribution >= 0.6 is 23.4 Å². The van der Waals surface area contributed by atoms with Gasteiger partial charge in [-0.05, 0) is 21.5 Å². The van der Waals surface area contributed by atoms with Crippen LogP contribution in [0.1, 0.15) is 26.1 Å². The molecule has 3 heterocycles. The number of halogens is 2. The minimum absolute atomic E-state index is 0.0215. The van der Waals surface area contributed by atoms with E-state index >= 15 is 4.39 Å². The van der Waals surface area contributed by atoms with Crippen molar-refractivity contribution in [3.8, 4) is 0 Å². The molecule has 2 aromatic heterocycles. The van der Waals surface area contributed by atoms with Gasteiger partial charge in [0.05, 0.1) is 18.2 Å². The number of nitrogens with two attached hydrogens (primary N) is 1. The number of nitrogens with zero attached hydrogens (tertiary/aromatic N) is 4. The molecule has 0 unspecified atom stereocenters. The van der Waals surface area contributed by atoms with Crippen LogP contribution in [-0.4, -0.2) is 39.7 Å². The lowest BCUT2D eigenvalue weighted by Crippen LogP contribution is -2.67. The van der Waals surface area contributed by atoms with Crippen LogP contribution in [0.3, 0.4) is 0 Å². The number of benzene rings is 2. The zero-order chi connectivity index (χ0) is 25.5. The molecule has 0 bridgehead atoms. The van der Waals surface area contributed by atoms with E-state index in [4.69, 9.17) is 21.8 Å². The summed E-state index contributed by atoms with van der Waals surface area (Å²) in [5.74, 6) is -0.253. The van der Waals surface area contributed by atoms with Crippen LogP contribution in [0.15, 0.2) is 78.9 Å². The zero-order valence-corrected chi connectivity index (χ0v) is 22.8. The Hall–Kier alpha value is -2.72. The third-order valence-electron chi connectivity index (χ3n) is 6.41. The number of hydrogen-bond donors (Lipinski definition) is 1. The summed E-state index contributed by atoms with van der Waals surface area (Å²) in [4.78, 5) is 12.5. The average Bonchev–Trinajstić information content (AvgIpc) is 3.43. The van der Waals surface area contributed by atoms with Crippen molar-refractivity contribution >= 4 is 59.2 Å². The molecule has 0 amide bonds. The van der Waals surface area contributed by atoms with Crippen molar-refractivity contribution in [2.45, 2.75) is 36.4 Å². The number of hydrogen-bond acceptors (Lipinski definition) is 6. The Morgan fingerprint density at radius 2 is 1.67 bits per heavy atom. The van der Waals surface area contributed by atoms with Gasteiger partial charge in [-0.1, -0.05) is 93.0 Å². The first-order valence-corrected chi connectivity index (χ1v) is 14.9. The predicted octanol–water partition coefficient (Wildman–Crippen LogP) is 5.11. The fraction of sp³-hybridized carbons (Fsp3) is 0.269. The fourth-order valence-electron chi connectivity index (χ4n) is 4.85. The highest BCUT2D eigenvalue weighted by Crippen LogP contribution is 2.45. The van der Waals surface area contributed by atoms with E-state index < -0.39 is 13.7 Å². The normalized spacial score (nSPS) is 18.5. The topological polar surface area (TPSA) is 78.8 Å². The molecule has 6 nitrogen and oxygen atoms in total. The molecule has 0 fully saturated rings. The van der Waals surface area contributed by atoms with Crippen LogP contribution in [0.25, 0.3) is 11.2 Å². The molecule has 1 aliphatic heterocycles. The minimum atomic E-state index is -2.72. The van der Waals surface area contributed by atoms with Gasteiger partial charge in [-0.2, -0.15) is 9.97 Å². The SMILES string of the molecule is CC(C)(C)[Si](OC[C@H]1C=C(F)[C@H](n2cnc3c(Cl)nc(N)nc32)S1)(c1ccccc1)c1ccccc1. The summed E-state index contributed by atoms with van der Waals surface area (Å²) in [5, 5.41) is 1.55. The summed E-state index contributed by atoms with van der Waals surface area (Å²) in [6.07, 6.45) is 3.16. The molecule has 2 atom stereocenters. The maximum Gasteiger partial charge on any atom is 0.261 e. The summed E-state index contributed by atoms with van der Waals surface area (Å²) < 4.78 is 23.9. The van der Waals surface area contributed by atoms with Gasteiger partial charge < -0.3 is 10.2 Å². The largest absolute Gasteiger partial charge is 0.406 e. The number of aromatic nitrogens is 4. The first kappa shape index (κ1) is 24.9. The molecule has 2 aromatic carbocycles. The van der Waals surface area contributed by atoms with E-state index in [0.717, 1.165) is 0 Å². The molecule has 0 spiro atoms. The molecular formula is C26H27ClFN5OSSi. The zero-order valence-electron chi connectivity index (χ0n) is 20.2. The number of imidazole rings is 1. The van der Waals surface area contributed by atoms with Crippen molar-refractivity contribution in [3.63, 3.8) is 0 Å². The number of nitrogen functional groups attached to an aromatic ring is 1. The molecule has 10 heteroatoms. The van der Waals surface area contributed by atoms with Gasteiger partial charge in [0.25, 0.3) is 8.32 Å². The Kier molecular flexibility index (Phi) is 6.67. The summed E-state index contributed by atoms with van der Waals surface area (Å²) in [6.45, 7) is 7.05. The number of thioether (sulfide) groups is 1. The Bertz CT molecular complexity index is 1370. The fourth-order valence-corrected chi connectivity index (χ4v) is 11.0. The van der Waals surface area contributed by atoms with Crippen molar-refractivity contribution in [2.75, 3.05) is 12.3 Å². The molecule has 0 aliphatic carbocycles. The summed E-state index contributed by atoms with van der Waals surface area (Å²) >= 11 is 7.62. The van der Waals surface area contributed by atoms with Crippen molar-refractivity contribution in [2.24, 2.45) is 0 Å². The second-order valence-corrected chi connectivity index (χ2v) is 15.7. The smallest absolute Gasteiger partial charge is 0.261 e. The van der Waals surface area contributed by atoms with Crippen LogP contribution in [0.4, 0.5) is 10.3 Å².